The predicted octanol–water partition coefficient (Wildman–Crippen LogP) is 2.29. The van der Waals surface area contributed by atoms with E-state index in [9.17, 15) is 0 Å². The molecule has 0 bridgehead atoms. The lowest BCUT2D eigenvalue weighted by atomic mass is 10.2. The first-order chi connectivity index (χ1) is 5.45. The third kappa shape index (κ3) is 7.19. The van der Waals surface area contributed by atoms with E-state index >= 15 is 0 Å². The molecule has 0 aromatic heterocycles. The van der Waals surface area contributed by atoms with E-state index in [0.29, 0.717) is 12.4 Å². The molecule has 0 rings (SSSR count). The molecule has 0 aliphatic heterocycles. The molecule has 2 nitrogen and oxygen atoms in total. The van der Waals surface area contributed by atoms with E-state index in [1.54, 1.807) is 6.08 Å². The normalized spacial score (nSPS) is 10.6. The molecule has 0 saturated heterocycles. The minimum absolute atomic E-state index is 0. The smallest absolute Gasteiger partial charge is 0.187 e. The largest absolute Gasteiger partial charge is 0.474 e. The predicted molar refractivity (Wildman–Crippen MR) is 52.3 cm³/mol. The van der Waals surface area contributed by atoms with Crippen LogP contribution in [0.1, 0.15) is 28.6 Å². The molecule has 0 amide bonds. The van der Waals surface area contributed by atoms with Crippen LogP contribution in [0, 0.1) is 13.2 Å². The van der Waals surface area contributed by atoms with Gasteiger partial charge in [-0.1, -0.05) is 12.7 Å². The van der Waals surface area contributed by atoms with E-state index in [1.165, 1.54) is 0 Å². The minimum atomic E-state index is -0.247. The van der Waals surface area contributed by atoms with Crippen molar-refractivity contribution in [2.75, 3.05) is 6.54 Å². The van der Waals surface area contributed by atoms with Crippen molar-refractivity contribution >= 4 is 0 Å². The van der Waals surface area contributed by atoms with Crippen molar-refractivity contribution in [3.8, 4) is 0 Å². The lowest BCUT2D eigenvalue weighted by Gasteiger charge is -2.22. The minimum Gasteiger partial charge on any atom is -0.474 e. The van der Waals surface area contributed by atoms with Crippen molar-refractivity contribution < 1.29 is 6.16 Å². The standard InChI is InChI=1S/C10H17NO.H2/c1-6-7-8-11-9(2)12-10(3,4)5;/h1-2,6,11H,7-8H2,3-5H3;1H. The van der Waals surface area contributed by atoms with Crippen molar-refractivity contribution in [2.24, 2.45) is 0 Å². The molecule has 0 atom stereocenters. The molecule has 12 heavy (non-hydrogen) atoms. The topological polar surface area (TPSA) is 21.3 Å². The molecule has 0 aromatic carbocycles. The van der Waals surface area contributed by atoms with E-state index in [4.69, 9.17) is 17.9 Å². The van der Waals surface area contributed by atoms with Crippen molar-refractivity contribution in [2.45, 2.75) is 32.8 Å². The zero-order valence-electron chi connectivity index (χ0n) is 8.05. The zero-order chi connectivity index (χ0) is 9.61. The summed E-state index contributed by atoms with van der Waals surface area (Å²) < 4.78 is 5.31. The van der Waals surface area contributed by atoms with Gasteiger partial charge in [-0.2, -0.15) is 0 Å². The fraction of sp³-hybridized carbons (Fsp3) is 0.600. The maximum absolute atomic E-state index is 5.53. The molecule has 0 aromatic rings. The Kier molecular flexibility index (Phi) is 4.49. The first-order valence-corrected chi connectivity index (χ1v) is 4.04. The number of hydrogen-bond donors (Lipinski definition) is 1. The van der Waals surface area contributed by atoms with Gasteiger partial charge in [-0.05, 0) is 27.2 Å². The summed E-state index contributed by atoms with van der Waals surface area (Å²) >= 11 is 0. The van der Waals surface area contributed by atoms with Gasteiger partial charge >= 0.3 is 0 Å². The fourth-order valence-corrected chi connectivity index (χ4v) is 0.645. The number of rotatable bonds is 5. The first kappa shape index (κ1) is 11.1. The highest BCUT2D eigenvalue weighted by molar-refractivity contribution is 4.81. The molecule has 1 N–H and O–H groups in total. The Morgan fingerprint density at radius 3 is 2.58 bits per heavy atom. The SMILES string of the molecule is [CH]=CCCNC(=[CH])OC(C)(C)C.[HH]. The van der Waals surface area contributed by atoms with E-state index in [0.717, 1.165) is 6.42 Å². The van der Waals surface area contributed by atoms with Crippen molar-refractivity contribution in [1.29, 1.82) is 0 Å². The molecule has 0 unspecified atom stereocenters. The second-order valence-corrected chi connectivity index (χ2v) is 3.53. The Morgan fingerprint density at radius 1 is 1.58 bits per heavy atom. The van der Waals surface area contributed by atoms with E-state index in [2.05, 4.69) is 5.32 Å². The van der Waals surface area contributed by atoms with Gasteiger partial charge in [0.2, 0.25) is 0 Å². The van der Waals surface area contributed by atoms with Crippen LogP contribution in [-0.2, 0) is 4.74 Å². The van der Waals surface area contributed by atoms with Gasteiger partial charge in [-0.3, -0.25) is 0 Å². The second kappa shape index (κ2) is 4.86. The molecule has 70 valence electrons. The number of hydrogen-bond acceptors (Lipinski definition) is 2. The van der Waals surface area contributed by atoms with Gasteiger partial charge in [-0.25, -0.2) is 0 Å². The Hall–Kier alpha value is -0.920. The van der Waals surface area contributed by atoms with Crippen LogP contribution >= 0.6 is 0 Å². The van der Waals surface area contributed by atoms with Gasteiger partial charge in [0.05, 0.1) is 0 Å². The Labute approximate surface area is 76.8 Å². The van der Waals surface area contributed by atoms with Crippen LogP contribution in [-0.4, -0.2) is 12.1 Å². The summed E-state index contributed by atoms with van der Waals surface area (Å²) in [5, 5.41) is 2.90. The Morgan fingerprint density at radius 2 is 2.17 bits per heavy atom. The van der Waals surface area contributed by atoms with Crippen molar-refractivity contribution in [3.05, 3.63) is 25.1 Å². The maximum atomic E-state index is 5.53. The molecule has 0 aliphatic rings. The van der Waals surface area contributed by atoms with Crippen LogP contribution in [0.3, 0.4) is 0 Å². The van der Waals surface area contributed by atoms with Crippen molar-refractivity contribution in [3.63, 3.8) is 0 Å². The number of nitrogens with one attached hydrogen (secondary N) is 1. The third-order valence-electron chi connectivity index (χ3n) is 1.03. The van der Waals surface area contributed by atoms with Gasteiger partial charge in [0.15, 0.2) is 5.88 Å². The number of ether oxygens (including phenoxy) is 1. The summed E-state index contributed by atoms with van der Waals surface area (Å²) in [5.74, 6) is 0.351. The van der Waals surface area contributed by atoms with E-state index < -0.39 is 0 Å². The highest BCUT2D eigenvalue weighted by atomic mass is 16.5. The Bertz CT molecular complexity index is 161. The summed E-state index contributed by atoms with van der Waals surface area (Å²) in [5.41, 5.74) is -0.247. The molecule has 0 heterocycles. The molecular formula is C10H19NO. The van der Waals surface area contributed by atoms with Crippen LogP contribution in [0.15, 0.2) is 12.0 Å². The van der Waals surface area contributed by atoms with E-state index in [-0.39, 0.29) is 7.03 Å². The van der Waals surface area contributed by atoms with Crippen LogP contribution in [0.25, 0.3) is 0 Å². The summed E-state index contributed by atoms with van der Waals surface area (Å²) in [6.07, 6.45) is 2.35. The average molecular weight is 169 g/mol. The average Bonchev–Trinajstić information content (AvgIpc) is 1.84. The fourth-order valence-electron chi connectivity index (χ4n) is 0.645. The summed E-state index contributed by atoms with van der Waals surface area (Å²) in [6.45, 7) is 17.2. The zero-order valence-corrected chi connectivity index (χ0v) is 8.05. The van der Waals surface area contributed by atoms with Crippen LogP contribution in [0.5, 0.6) is 0 Å². The lowest BCUT2D eigenvalue weighted by Crippen LogP contribution is -2.25. The third-order valence-corrected chi connectivity index (χ3v) is 1.03. The van der Waals surface area contributed by atoms with Gasteiger partial charge in [0.25, 0.3) is 0 Å². The highest BCUT2D eigenvalue weighted by Gasteiger charge is 2.11. The van der Waals surface area contributed by atoms with Crippen LogP contribution in [0.2, 0.25) is 0 Å². The molecule has 0 aliphatic carbocycles. The van der Waals surface area contributed by atoms with Crippen molar-refractivity contribution in [1.82, 2.24) is 5.32 Å². The quantitative estimate of drug-likeness (QED) is 0.503. The molecule has 0 spiro atoms. The van der Waals surface area contributed by atoms with Gasteiger partial charge in [0, 0.05) is 14.6 Å². The summed E-state index contributed by atoms with van der Waals surface area (Å²) in [4.78, 5) is 0. The van der Waals surface area contributed by atoms with Crippen LogP contribution < -0.4 is 5.32 Å². The van der Waals surface area contributed by atoms with Gasteiger partial charge in [0.1, 0.15) is 5.60 Å². The molecule has 2 radical (unpaired) electrons. The lowest BCUT2D eigenvalue weighted by molar-refractivity contribution is 0.0409. The Balaban J connectivity index is 0. The maximum Gasteiger partial charge on any atom is 0.187 e. The monoisotopic (exact) mass is 169 g/mol. The highest BCUT2D eigenvalue weighted by Crippen LogP contribution is 2.09. The van der Waals surface area contributed by atoms with Crippen LogP contribution in [0.4, 0.5) is 0 Å². The van der Waals surface area contributed by atoms with Gasteiger partial charge in [-0.15, -0.1) is 0 Å². The first-order valence-electron chi connectivity index (χ1n) is 4.04. The summed E-state index contributed by atoms with van der Waals surface area (Å²) in [7, 11) is 0. The molecule has 2 heteroatoms. The van der Waals surface area contributed by atoms with Gasteiger partial charge < -0.3 is 10.1 Å². The molecule has 0 fully saturated rings. The molecule has 0 saturated carbocycles. The van der Waals surface area contributed by atoms with E-state index in [1.807, 2.05) is 20.8 Å². The molecular weight excluding hydrogens is 150 g/mol. The second-order valence-electron chi connectivity index (χ2n) is 3.53. The summed E-state index contributed by atoms with van der Waals surface area (Å²) in [6, 6.07) is 0.